The van der Waals surface area contributed by atoms with E-state index in [1.807, 2.05) is 12.4 Å². The molecule has 2 aromatic rings. The molecule has 0 saturated carbocycles. The van der Waals surface area contributed by atoms with Gasteiger partial charge in [-0.2, -0.15) is 0 Å². The number of aryl methyl sites for hydroxylation is 1. The van der Waals surface area contributed by atoms with Crippen molar-refractivity contribution >= 4 is 28.7 Å². The van der Waals surface area contributed by atoms with Gasteiger partial charge in [0.15, 0.2) is 5.78 Å². The maximum absolute atomic E-state index is 11.8. The van der Waals surface area contributed by atoms with Crippen LogP contribution in [0.3, 0.4) is 0 Å². The lowest BCUT2D eigenvalue weighted by Gasteiger charge is -2.03. The molecule has 0 atom stereocenters. The Morgan fingerprint density at radius 2 is 2.11 bits per heavy atom. The Morgan fingerprint density at radius 3 is 2.74 bits per heavy atom. The summed E-state index contributed by atoms with van der Waals surface area (Å²) in [6.07, 6.45) is 0.796. The highest BCUT2D eigenvalue weighted by atomic mass is 35.5. The molecular formula is C14H14ClNO2S. The molecule has 5 heteroatoms. The molecule has 0 saturated heterocycles. The average molecular weight is 296 g/mol. The van der Waals surface area contributed by atoms with Gasteiger partial charge in [0.1, 0.15) is 6.61 Å². The molecule has 0 fully saturated rings. The molecule has 0 unspecified atom stereocenters. The van der Waals surface area contributed by atoms with E-state index in [0.717, 1.165) is 12.1 Å². The van der Waals surface area contributed by atoms with Gasteiger partial charge in [-0.05, 0) is 31.2 Å². The van der Waals surface area contributed by atoms with Crippen LogP contribution in [0.4, 0.5) is 0 Å². The standard InChI is InChI=1S/C14H14ClNO2S/c1-10-14(19-9-16-10)6-7-18-8-13(17)11-2-4-12(15)5-3-11/h2-5,9H,6-8H2,1H3. The number of benzene rings is 1. The molecule has 2 rings (SSSR count). The Labute approximate surface area is 121 Å². The fourth-order valence-electron chi connectivity index (χ4n) is 1.61. The second-order valence-electron chi connectivity index (χ2n) is 4.09. The highest BCUT2D eigenvalue weighted by Gasteiger charge is 2.06. The van der Waals surface area contributed by atoms with Gasteiger partial charge in [-0.1, -0.05) is 11.6 Å². The smallest absolute Gasteiger partial charge is 0.188 e. The summed E-state index contributed by atoms with van der Waals surface area (Å²) < 4.78 is 5.40. The minimum absolute atomic E-state index is 0.0299. The molecule has 1 heterocycles. The molecule has 0 N–H and O–H groups in total. The Balaban J connectivity index is 1.75. The van der Waals surface area contributed by atoms with Gasteiger partial charge in [-0.15, -0.1) is 11.3 Å². The van der Waals surface area contributed by atoms with Crippen molar-refractivity contribution < 1.29 is 9.53 Å². The fourth-order valence-corrected chi connectivity index (χ4v) is 2.50. The van der Waals surface area contributed by atoms with Gasteiger partial charge in [0.25, 0.3) is 0 Å². The third kappa shape index (κ3) is 4.13. The van der Waals surface area contributed by atoms with Crippen LogP contribution >= 0.6 is 22.9 Å². The number of carbonyl (C=O) groups excluding carboxylic acids is 1. The van der Waals surface area contributed by atoms with Crippen LogP contribution in [-0.2, 0) is 11.2 Å². The Morgan fingerprint density at radius 1 is 1.37 bits per heavy atom. The number of ketones is 1. The maximum Gasteiger partial charge on any atom is 0.188 e. The van der Waals surface area contributed by atoms with Crippen molar-refractivity contribution in [3.05, 3.63) is 50.9 Å². The second kappa shape index (κ2) is 6.80. The summed E-state index contributed by atoms with van der Waals surface area (Å²) >= 11 is 7.38. The minimum Gasteiger partial charge on any atom is -0.373 e. The molecule has 100 valence electrons. The first-order valence-electron chi connectivity index (χ1n) is 5.92. The molecule has 0 spiro atoms. The molecule has 1 aromatic heterocycles. The molecule has 0 aliphatic carbocycles. The third-order valence-corrected chi connectivity index (χ3v) is 3.96. The summed E-state index contributed by atoms with van der Waals surface area (Å²) in [5, 5.41) is 0.623. The Kier molecular flexibility index (Phi) is 5.07. The Hall–Kier alpha value is -1.23. The zero-order chi connectivity index (χ0) is 13.7. The normalized spacial score (nSPS) is 10.6. The van der Waals surface area contributed by atoms with E-state index >= 15 is 0 Å². The lowest BCUT2D eigenvalue weighted by atomic mass is 10.1. The summed E-state index contributed by atoms with van der Waals surface area (Å²) in [6.45, 7) is 2.60. The van der Waals surface area contributed by atoms with Gasteiger partial charge < -0.3 is 4.74 Å². The molecule has 0 radical (unpaired) electrons. The Bertz CT molecular complexity index is 551. The number of halogens is 1. The number of thiazole rings is 1. The van der Waals surface area contributed by atoms with Gasteiger partial charge in [-0.3, -0.25) is 4.79 Å². The van der Waals surface area contributed by atoms with Crippen LogP contribution in [0.1, 0.15) is 20.9 Å². The summed E-state index contributed by atoms with van der Waals surface area (Å²) in [4.78, 5) is 17.2. The highest BCUT2D eigenvalue weighted by molar-refractivity contribution is 7.09. The van der Waals surface area contributed by atoms with Crippen molar-refractivity contribution in [3.8, 4) is 0 Å². The van der Waals surface area contributed by atoms with Gasteiger partial charge in [-0.25, -0.2) is 4.98 Å². The van der Waals surface area contributed by atoms with Crippen LogP contribution in [0.2, 0.25) is 5.02 Å². The van der Waals surface area contributed by atoms with Crippen molar-refractivity contribution in [1.82, 2.24) is 4.98 Å². The molecule has 1 aromatic carbocycles. The van der Waals surface area contributed by atoms with Crippen LogP contribution in [0, 0.1) is 6.92 Å². The molecule has 0 aliphatic heterocycles. The number of Topliss-reactive ketones (excluding diaryl/α,β-unsaturated/α-hetero) is 1. The van der Waals surface area contributed by atoms with Crippen LogP contribution in [0.25, 0.3) is 0 Å². The zero-order valence-electron chi connectivity index (χ0n) is 10.6. The van der Waals surface area contributed by atoms with E-state index in [2.05, 4.69) is 4.98 Å². The first-order valence-corrected chi connectivity index (χ1v) is 7.18. The number of carbonyl (C=O) groups is 1. The SMILES string of the molecule is Cc1ncsc1CCOCC(=O)c1ccc(Cl)cc1. The summed E-state index contributed by atoms with van der Waals surface area (Å²) in [5.41, 5.74) is 3.49. The van der Waals surface area contributed by atoms with Crippen molar-refractivity contribution in [2.75, 3.05) is 13.2 Å². The monoisotopic (exact) mass is 295 g/mol. The zero-order valence-corrected chi connectivity index (χ0v) is 12.1. The van der Waals surface area contributed by atoms with Crippen LogP contribution in [-0.4, -0.2) is 24.0 Å². The second-order valence-corrected chi connectivity index (χ2v) is 5.47. The summed E-state index contributed by atoms with van der Waals surface area (Å²) in [7, 11) is 0. The lowest BCUT2D eigenvalue weighted by molar-refractivity contribution is 0.0766. The van der Waals surface area contributed by atoms with E-state index in [1.54, 1.807) is 35.6 Å². The van der Waals surface area contributed by atoms with Crippen molar-refractivity contribution in [3.63, 3.8) is 0 Å². The summed E-state index contributed by atoms with van der Waals surface area (Å²) in [6, 6.07) is 6.83. The molecular weight excluding hydrogens is 282 g/mol. The highest BCUT2D eigenvalue weighted by Crippen LogP contribution is 2.13. The van der Waals surface area contributed by atoms with Crippen molar-refractivity contribution in [2.24, 2.45) is 0 Å². The number of rotatable bonds is 6. The van der Waals surface area contributed by atoms with Gasteiger partial charge in [0.2, 0.25) is 0 Å². The van der Waals surface area contributed by atoms with E-state index in [4.69, 9.17) is 16.3 Å². The fraction of sp³-hybridized carbons (Fsp3) is 0.286. The predicted molar refractivity (Wildman–Crippen MR) is 77.2 cm³/mol. The van der Waals surface area contributed by atoms with Crippen LogP contribution < -0.4 is 0 Å². The van der Waals surface area contributed by atoms with E-state index in [1.165, 1.54) is 4.88 Å². The van der Waals surface area contributed by atoms with Gasteiger partial charge >= 0.3 is 0 Å². The largest absolute Gasteiger partial charge is 0.373 e. The van der Waals surface area contributed by atoms with Crippen molar-refractivity contribution in [2.45, 2.75) is 13.3 Å². The first kappa shape index (κ1) is 14.2. The topological polar surface area (TPSA) is 39.2 Å². The first-order chi connectivity index (χ1) is 9.16. The van der Waals surface area contributed by atoms with E-state index in [0.29, 0.717) is 17.2 Å². The number of nitrogens with zero attached hydrogens (tertiary/aromatic N) is 1. The average Bonchev–Trinajstić information content (AvgIpc) is 2.81. The molecule has 3 nitrogen and oxygen atoms in total. The van der Waals surface area contributed by atoms with Gasteiger partial charge in [0, 0.05) is 21.9 Å². The molecule has 19 heavy (non-hydrogen) atoms. The minimum atomic E-state index is -0.0299. The molecule has 0 aliphatic rings. The maximum atomic E-state index is 11.8. The molecule has 0 amide bonds. The number of hydrogen-bond donors (Lipinski definition) is 0. The van der Waals surface area contributed by atoms with Gasteiger partial charge in [0.05, 0.1) is 17.8 Å². The number of aromatic nitrogens is 1. The summed E-state index contributed by atoms with van der Waals surface area (Å²) in [5.74, 6) is -0.0299. The number of hydrogen-bond acceptors (Lipinski definition) is 4. The lowest BCUT2D eigenvalue weighted by Crippen LogP contribution is -2.10. The van der Waals surface area contributed by atoms with Crippen LogP contribution in [0.15, 0.2) is 29.8 Å². The van der Waals surface area contributed by atoms with E-state index in [-0.39, 0.29) is 12.4 Å². The quantitative estimate of drug-likeness (QED) is 0.604. The van der Waals surface area contributed by atoms with Crippen molar-refractivity contribution in [1.29, 1.82) is 0 Å². The van der Waals surface area contributed by atoms with Crippen LogP contribution in [0.5, 0.6) is 0 Å². The number of ether oxygens (including phenoxy) is 1. The molecule has 0 bridgehead atoms. The predicted octanol–water partition coefficient (Wildman–Crippen LogP) is 3.55. The van der Waals surface area contributed by atoms with E-state index < -0.39 is 0 Å². The van der Waals surface area contributed by atoms with E-state index in [9.17, 15) is 4.79 Å². The third-order valence-electron chi connectivity index (χ3n) is 2.72.